The van der Waals surface area contributed by atoms with Crippen LogP contribution in [0.4, 0.5) is 5.82 Å². The number of aliphatic hydroxyl groups is 2. The molecule has 2 aromatic heterocycles. The van der Waals surface area contributed by atoms with Crippen LogP contribution in [0.15, 0.2) is 36.5 Å². The minimum atomic E-state index is -0.854. The maximum absolute atomic E-state index is 10.2. The summed E-state index contributed by atoms with van der Waals surface area (Å²) in [5, 5.41) is 24.6. The number of benzene rings is 1. The molecule has 9 heteroatoms. The first-order valence-corrected chi connectivity index (χ1v) is 9.83. The molecule has 4 rings (SSSR count). The van der Waals surface area contributed by atoms with Gasteiger partial charge < -0.3 is 20.1 Å². The molecule has 3 aromatic rings. The Morgan fingerprint density at radius 3 is 2.81 bits per heavy atom. The molecule has 136 valence electrons. The zero-order valence-electron chi connectivity index (χ0n) is 13.5. The van der Waals surface area contributed by atoms with Crippen LogP contribution >= 0.6 is 35.0 Å². The van der Waals surface area contributed by atoms with Crippen molar-refractivity contribution < 1.29 is 10.2 Å². The summed E-state index contributed by atoms with van der Waals surface area (Å²) in [5.41, 5.74) is 1.63. The Morgan fingerprint density at radius 2 is 2.08 bits per heavy atom. The third-order valence-electron chi connectivity index (χ3n) is 4.29. The Labute approximate surface area is 164 Å². The fourth-order valence-electron chi connectivity index (χ4n) is 3.01. The predicted molar refractivity (Wildman–Crippen MR) is 105 cm³/mol. The normalized spacial score (nSPS) is 22.8. The van der Waals surface area contributed by atoms with Gasteiger partial charge in [0.15, 0.2) is 0 Å². The number of halogens is 2. The van der Waals surface area contributed by atoms with Gasteiger partial charge in [0.2, 0.25) is 5.28 Å². The fourth-order valence-corrected chi connectivity index (χ4v) is 4.69. The molecule has 0 saturated carbocycles. The highest BCUT2D eigenvalue weighted by molar-refractivity contribution is 7.99. The van der Waals surface area contributed by atoms with Gasteiger partial charge in [-0.1, -0.05) is 23.7 Å². The minimum absolute atomic E-state index is 0.115. The number of hydrogen-bond acceptors (Lipinski definition) is 6. The van der Waals surface area contributed by atoms with Crippen LogP contribution in [0, 0.1) is 0 Å². The van der Waals surface area contributed by atoms with E-state index >= 15 is 0 Å². The molecule has 3 heterocycles. The smallest absolute Gasteiger partial charge is 0.226 e. The van der Waals surface area contributed by atoms with Crippen LogP contribution in [0.25, 0.3) is 11.0 Å². The van der Waals surface area contributed by atoms with Gasteiger partial charge in [-0.15, -0.1) is 11.8 Å². The second-order valence-electron chi connectivity index (χ2n) is 6.07. The molecule has 6 nitrogen and oxygen atoms in total. The fraction of sp³-hybridized carbons (Fsp3) is 0.294. The van der Waals surface area contributed by atoms with E-state index < -0.39 is 12.2 Å². The van der Waals surface area contributed by atoms with E-state index in [-0.39, 0.29) is 10.7 Å². The Hall–Kier alpha value is -1.51. The predicted octanol–water partition coefficient (Wildman–Crippen LogP) is 3.32. The van der Waals surface area contributed by atoms with Crippen molar-refractivity contribution in [3.8, 4) is 0 Å². The van der Waals surface area contributed by atoms with Crippen molar-refractivity contribution in [1.82, 2.24) is 14.5 Å². The van der Waals surface area contributed by atoms with Gasteiger partial charge in [0.25, 0.3) is 0 Å². The molecule has 3 atom stereocenters. The summed E-state index contributed by atoms with van der Waals surface area (Å²) < 4.78 is 1.83. The van der Waals surface area contributed by atoms with Gasteiger partial charge in [0.05, 0.1) is 11.5 Å². The summed E-state index contributed by atoms with van der Waals surface area (Å²) in [7, 11) is 0. The lowest BCUT2D eigenvalue weighted by Gasteiger charge is -2.18. The van der Waals surface area contributed by atoms with Gasteiger partial charge >= 0.3 is 0 Å². The SMILES string of the molecule is O[C@@H]1[C@H](O)CS[C@H]1n1ccc2c(NCc3cccc(Cl)c3)nc(Cl)nc21. The maximum atomic E-state index is 10.2. The zero-order valence-corrected chi connectivity index (χ0v) is 15.8. The molecule has 0 spiro atoms. The molecule has 1 fully saturated rings. The van der Waals surface area contributed by atoms with Crippen molar-refractivity contribution in [3.63, 3.8) is 0 Å². The van der Waals surface area contributed by atoms with Crippen molar-refractivity contribution >= 4 is 51.8 Å². The van der Waals surface area contributed by atoms with Crippen molar-refractivity contribution in [2.45, 2.75) is 24.1 Å². The topological polar surface area (TPSA) is 83.2 Å². The second-order valence-corrected chi connectivity index (χ2v) is 7.99. The average Bonchev–Trinajstić information content (AvgIpc) is 3.17. The summed E-state index contributed by atoms with van der Waals surface area (Å²) in [5.74, 6) is 1.08. The molecule has 3 N–H and O–H groups in total. The highest BCUT2D eigenvalue weighted by Crippen LogP contribution is 2.39. The van der Waals surface area contributed by atoms with E-state index in [1.54, 1.807) is 0 Å². The summed E-state index contributed by atoms with van der Waals surface area (Å²) in [6, 6.07) is 9.44. The molecule has 1 aliphatic heterocycles. The molecule has 0 amide bonds. The third kappa shape index (κ3) is 3.37. The molecule has 1 saturated heterocycles. The standard InChI is InChI=1S/C17H16Cl2N4O2S/c18-10-3-1-2-9(6-10)7-20-14-11-4-5-23(15(11)22-17(19)21-14)16-13(25)12(24)8-26-16/h1-6,12-13,16,24-25H,7-8H2,(H,20,21,22)/t12-,13-,16-/m1/s1. The Kier molecular flexibility index (Phi) is 4.98. The minimum Gasteiger partial charge on any atom is -0.389 e. The molecule has 1 aromatic carbocycles. The Bertz CT molecular complexity index is 952. The van der Waals surface area contributed by atoms with Crippen molar-refractivity contribution in [2.75, 3.05) is 11.1 Å². The van der Waals surface area contributed by atoms with Crippen LogP contribution in [-0.4, -0.2) is 42.7 Å². The van der Waals surface area contributed by atoms with E-state index in [2.05, 4.69) is 15.3 Å². The van der Waals surface area contributed by atoms with Gasteiger partial charge in [-0.2, -0.15) is 4.98 Å². The first-order valence-electron chi connectivity index (χ1n) is 8.03. The Balaban J connectivity index is 1.66. The number of thioether (sulfide) groups is 1. The molecule has 0 aliphatic carbocycles. The third-order valence-corrected chi connectivity index (χ3v) is 6.08. The molecular formula is C17H16Cl2N4O2S. The van der Waals surface area contributed by atoms with E-state index in [0.717, 1.165) is 10.9 Å². The van der Waals surface area contributed by atoms with Gasteiger partial charge in [0.1, 0.15) is 22.9 Å². The van der Waals surface area contributed by atoms with E-state index in [1.807, 2.05) is 41.1 Å². The first-order chi connectivity index (χ1) is 12.5. The summed E-state index contributed by atoms with van der Waals surface area (Å²) in [6.45, 7) is 0.535. The van der Waals surface area contributed by atoms with Crippen LogP contribution in [-0.2, 0) is 6.54 Å². The highest BCUT2D eigenvalue weighted by Gasteiger charge is 2.36. The molecule has 0 radical (unpaired) electrons. The molecule has 1 aliphatic rings. The van der Waals surface area contributed by atoms with Crippen LogP contribution in [0.3, 0.4) is 0 Å². The number of fused-ring (bicyclic) bond motifs is 1. The van der Waals surface area contributed by atoms with E-state index in [4.69, 9.17) is 23.2 Å². The van der Waals surface area contributed by atoms with Crippen LogP contribution < -0.4 is 5.32 Å². The van der Waals surface area contributed by atoms with Crippen molar-refractivity contribution in [3.05, 3.63) is 52.4 Å². The highest BCUT2D eigenvalue weighted by atomic mass is 35.5. The van der Waals surface area contributed by atoms with Crippen LogP contribution in [0.5, 0.6) is 0 Å². The van der Waals surface area contributed by atoms with Gasteiger partial charge in [-0.25, -0.2) is 4.98 Å². The van der Waals surface area contributed by atoms with E-state index in [0.29, 0.717) is 28.8 Å². The van der Waals surface area contributed by atoms with Crippen LogP contribution in [0.2, 0.25) is 10.3 Å². The van der Waals surface area contributed by atoms with Gasteiger partial charge in [0, 0.05) is 23.5 Å². The maximum Gasteiger partial charge on any atom is 0.226 e. The molecule has 0 bridgehead atoms. The van der Waals surface area contributed by atoms with E-state index in [9.17, 15) is 10.2 Å². The largest absolute Gasteiger partial charge is 0.389 e. The lowest BCUT2D eigenvalue weighted by atomic mass is 10.2. The molecule has 0 unspecified atom stereocenters. The number of rotatable bonds is 4. The molecular weight excluding hydrogens is 395 g/mol. The Morgan fingerprint density at radius 1 is 1.23 bits per heavy atom. The summed E-state index contributed by atoms with van der Waals surface area (Å²) >= 11 is 13.6. The number of nitrogens with zero attached hydrogens (tertiary/aromatic N) is 3. The van der Waals surface area contributed by atoms with Gasteiger partial charge in [-0.3, -0.25) is 0 Å². The summed E-state index contributed by atoms with van der Waals surface area (Å²) in [4.78, 5) is 8.61. The number of anilines is 1. The quantitative estimate of drug-likeness (QED) is 0.572. The number of nitrogens with one attached hydrogen (secondary N) is 1. The van der Waals surface area contributed by atoms with E-state index in [1.165, 1.54) is 11.8 Å². The number of hydrogen-bond donors (Lipinski definition) is 3. The first kappa shape index (κ1) is 17.9. The molecule has 26 heavy (non-hydrogen) atoms. The van der Waals surface area contributed by atoms with Crippen molar-refractivity contribution in [2.24, 2.45) is 0 Å². The number of aromatic nitrogens is 3. The lowest BCUT2D eigenvalue weighted by molar-refractivity contribution is 0.0314. The lowest BCUT2D eigenvalue weighted by Crippen LogP contribution is -2.27. The van der Waals surface area contributed by atoms with Crippen LogP contribution in [0.1, 0.15) is 10.9 Å². The number of aliphatic hydroxyl groups excluding tert-OH is 2. The zero-order chi connectivity index (χ0) is 18.3. The average molecular weight is 411 g/mol. The monoisotopic (exact) mass is 410 g/mol. The van der Waals surface area contributed by atoms with Crippen molar-refractivity contribution in [1.29, 1.82) is 0 Å². The second kappa shape index (κ2) is 7.25. The summed E-state index contributed by atoms with van der Waals surface area (Å²) in [6.07, 6.45) is 0.228. The van der Waals surface area contributed by atoms with Gasteiger partial charge in [-0.05, 0) is 35.4 Å².